The number of carboxylic acid groups (broad SMARTS) is 1. The fourth-order valence-corrected chi connectivity index (χ4v) is 2.13. The molecule has 0 aliphatic carbocycles. The number of nitrogens with zero attached hydrogens (tertiary/aromatic N) is 1. The molecule has 116 valence electrons. The molecule has 1 atom stereocenters. The molecule has 7 nitrogen and oxygen atoms in total. The van der Waals surface area contributed by atoms with Crippen LogP contribution in [0.15, 0.2) is 6.07 Å². The Balaban J connectivity index is 3.02. The Bertz CT molecular complexity index is 531. The van der Waals surface area contributed by atoms with Gasteiger partial charge in [0.1, 0.15) is 6.04 Å². The zero-order chi connectivity index (χ0) is 16.0. The van der Waals surface area contributed by atoms with Crippen LogP contribution >= 0.6 is 0 Å². The number of primary amides is 1. The van der Waals surface area contributed by atoms with E-state index in [-0.39, 0.29) is 5.56 Å². The average Bonchev–Trinajstić information content (AvgIpc) is 2.36. The summed E-state index contributed by atoms with van der Waals surface area (Å²) in [5.41, 5.74) is 7.13. The second-order valence-corrected chi connectivity index (χ2v) is 4.81. The molecule has 0 bridgehead atoms. The first-order valence-corrected chi connectivity index (χ1v) is 6.63. The van der Waals surface area contributed by atoms with Crippen LogP contribution in [0.25, 0.3) is 0 Å². The fraction of sp³-hybridized carbons (Fsp3) is 0.500. The second-order valence-electron chi connectivity index (χ2n) is 4.81. The van der Waals surface area contributed by atoms with Crippen LogP contribution in [0.4, 0.5) is 5.69 Å². The molecule has 0 fully saturated rings. The summed E-state index contributed by atoms with van der Waals surface area (Å²) in [6, 6.07) is 0.804. The number of aliphatic carboxylic acids is 1. The molecule has 0 saturated heterocycles. The number of amides is 1. The summed E-state index contributed by atoms with van der Waals surface area (Å²) in [6.07, 6.45) is 0.969. The number of aryl methyl sites for hydroxylation is 2. The molecule has 1 unspecified atom stereocenters. The van der Waals surface area contributed by atoms with Crippen LogP contribution in [0.5, 0.6) is 0 Å². The average molecular weight is 295 g/mol. The quantitative estimate of drug-likeness (QED) is 0.618. The first-order valence-electron chi connectivity index (χ1n) is 6.63. The Labute approximate surface area is 123 Å². The third-order valence-corrected chi connectivity index (χ3v) is 3.04. The molecule has 1 heterocycles. The van der Waals surface area contributed by atoms with Crippen LogP contribution < -0.4 is 11.1 Å². The molecule has 0 saturated carbocycles. The lowest BCUT2D eigenvalue weighted by Crippen LogP contribution is -2.31. The molecule has 1 amide bonds. The van der Waals surface area contributed by atoms with Crippen molar-refractivity contribution in [1.82, 2.24) is 4.98 Å². The number of ether oxygens (including phenoxy) is 1. The van der Waals surface area contributed by atoms with Crippen molar-refractivity contribution in [2.45, 2.75) is 32.7 Å². The lowest BCUT2D eigenvalue weighted by atomic mass is 10.1. The Morgan fingerprint density at radius 3 is 2.67 bits per heavy atom. The van der Waals surface area contributed by atoms with Crippen molar-refractivity contribution in [3.05, 3.63) is 23.0 Å². The standard InChI is InChI=1S/C14H21N3O4/c1-8-7-11(12(13(15)18)9(2)16-8)17-10(14(19)20)5-4-6-21-3/h7,10H,4-6H2,1-3H3,(H2,15,18)(H,16,17)(H,19,20). The molecule has 4 N–H and O–H groups in total. The van der Waals surface area contributed by atoms with Crippen LogP contribution in [0, 0.1) is 13.8 Å². The first-order chi connectivity index (χ1) is 9.86. The molecule has 0 radical (unpaired) electrons. The summed E-state index contributed by atoms with van der Waals surface area (Å²) in [6.45, 7) is 3.91. The summed E-state index contributed by atoms with van der Waals surface area (Å²) >= 11 is 0. The summed E-state index contributed by atoms with van der Waals surface area (Å²) in [5, 5.41) is 12.1. The van der Waals surface area contributed by atoms with Crippen LogP contribution in [0.1, 0.15) is 34.6 Å². The van der Waals surface area contributed by atoms with E-state index in [1.165, 1.54) is 0 Å². The monoisotopic (exact) mass is 295 g/mol. The van der Waals surface area contributed by atoms with Gasteiger partial charge in [0.05, 0.1) is 16.9 Å². The second kappa shape index (κ2) is 7.58. The van der Waals surface area contributed by atoms with Gasteiger partial charge in [-0.1, -0.05) is 0 Å². The van der Waals surface area contributed by atoms with Crippen molar-refractivity contribution in [2.75, 3.05) is 19.0 Å². The highest BCUT2D eigenvalue weighted by Gasteiger charge is 2.21. The van der Waals surface area contributed by atoms with Crippen LogP contribution in [-0.2, 0) is 9.53 Å². The zero-order valence-corrected chi connectivity index (χ0v) is 12.5. The van der Waals surface area contributed by atoms with Gasteiger partial charge in [-0.05, 0) is 32.8 Å². The Morgan fingerprint density at radius 2 is 2.14 bits per heavy atom. The van der Waals surface area contributed by atoms with E-state index in [1.54, 1.807) is 27.0 Å². The number of anilines is 1. The first kappa shape index (κ1) is 16.9. The van der Waals surface area contributed by atoms with Gasteiger partial charge in [-0.15, -0.1) is 0 Å². The van der Waals surface area contributed by atoms with Crippen LogP contribution in [0.2, 0.25) is 0 Å². The van der Waals surface area contributed by atoms with E-state index in [4.69, 9.17) is 10.5 Å². The number of carboxylic acids is 1. The van der Waals surface area contributed by atoms with Crippen molar-refractivity contribution < 1.29 is 19.4 Å². The molecule has 1 aromatic heterocycles. The topological polar surface area (TPSA) is 115 Å². The van der Waals surface area contributed by atoms with E-state index < -0.39 is 17.9 Å². The van der Waals surface area contributed by atoms with Crippen LogP contribution in [-0.4, -0.2) is 41.7 Å². The third kappa shape index (κ3) is 4.71. The van der Waals surface area contributed by atoms with Gasteiger partial charge in [0.25, 0.3) is 5.91 Å². The van der Waals surface area contributed by atoms with E-state index in [9.17, 15) is 14.7 Å². The third-order valence-electron chi connectivity index (χ3n) is 3.04. The number of nitrogens with one attached hydrogen (secondary N) is 1. The number of hydrogen-bond donors (Lipinski definition) is 3. The molecule has 21 heavy (non-hydrogen) atoms. The highest BCUT2D eigenvalue weighted by Crippen LogP contribution is 2.21. The summed E-state index contributed by atoms with van der Waals surface area (Å²) in [4.78, 5) is 27.0. The molecule has 0 aromatic carbocycles. The van der Waals surface area contributed by atoms with E-state index in [0.717, 1.165) is 0 Å². The molecule has 7 heteroatoms. The lowest BCUT2D eigenvalue weighted by molar-refractivity contribution is -0.138. The SMILES string of the molecule is COCCCC(Nc1cc(C)nc(C)c1C(N)=O)C(=O)O. The van der Waals surface area contributed by atoms with Crippen molar-refractivity contribution in [3.63, 3.8) is 0 Å². The van der Waals surface area contributed by atoms with E-state index >= 15 is 0 Å². The Kier molecular flexibility index (Phi) is 6.10. The van der Waals surface area contributed by atoms with Crippen molar-refractivity contribution >= 4 is 17.6 Å². The Hall–Kier alpha value is -2.15. The number of aromatic nitrogens is 1. The zero-order valence-electron chi connectivity index (χ0n) is 12.5. The predicted octanol–water partition coefficient (Wildman–Crippen LogP) is 1.09. The highest BCUT2D eigenvalue weighted by molar-refractivity contribution is 6.00. The minimum absolute atomic E-state index is 0.221. The summed E-state index contributed by atoms with van der Waals surface area (Å²) in [5.74, 6) is -1.63. The van der Waals surface area contributed by atoms with E-state index in [2.05, 4.69) is 10.3 Å². The van der Waals surface area contributed by atoms with Gasteiger partial charge < -0.3 is 20.9 Å². The summed E-state index contributed by atoms with van der Waals surface area (Å²) < 4.78 is 4.92. The lowest BCUT2D eigenvalue weighted by Gasteiger charge is -2.18. The van der Waals surface area contributed by atoms with E-state index in [0.29, 0.717) is 36.5 Å². The van der Waals surface area contributed by atoms with Crippen molar-refractivity contribution in [1.29, 1.82) is 0 Å². The fourth-order valence-electron chi connectivity index (χ4n) is 2.13. The van der Waals surface area contributed by atoms with Crippen LogP contribution in [0.3, 0.4) is 0 Å². The van der Waals surface area contributed by atoms with Gasteiger partial charge in [0.15, 0.2) is 0 Å². The molecular formula is C14H21N3O4. The largest absolute Gasteiger partial charge is 0.480 e. The minimum atomic E-state index is -0.992. The van der Waals surface area contributed by atoms with E-state index in [1.807, 2.05) is 0 Å². The maximum atomic E-state index is 11.5. The molecule has 0 aliphatic heterocycles. The smallest absolute Gasteiger partial charge is 0.326 e. The number of carbonyl (C=O) groups excluding carboxylic acids is 1. The van der Waals surface area contributed by atoms with Crippen molar-refractivity contribution in [3.8, 4) is 0 Å². The number of methoxy groups -OCH3 is 1. The predicted molar refractivity (Wildman–Crippen MR) is 78.4 cm³/mol. The maximum absolute atomic E-state index is 11.5. The van der Waals surface area contributed by atoms with Gasteiger partial charge in [0.2, 0.25) is 0 Å². The van der Waals surface area contributed by atoms with Gasteiger partial charge in [-0.2, -0.15) is 0 Å². The number of nitrogens with two attached hydrogens (primary N) is 1. The highest BCUT2D eigenvalue weighted by atomic mass is 16.5. The molecular weight excluding hydrogens is 274 g/mol. The summed E-state index contributed by atoms with van der Waals surface area (Å²) in [7, 11) is 1.56. The number of rotatable bonds is 8. The van der Waals surface area contributed by atoms with Gasteiger partial charge in [-0.3, -0.25) is 9.78 Å². The van der Waals surface area contributed by atoms with Crippen molar-refractivity contribution in [2.24, 2.45) is 5.73 Å². The van der Waals surface area contributed by atoms with Gasteiger partial charge in [-0.25, -0.2) is 4.79 Å². The Morgan fingerprint density at radius 1 is 1.48 bits per heavy atom. The normalized spacial score (nSPS) is 12.0. The molecule has 1 aromatic rings. The molecule has 0 spiro atoms. The molecule has 0 aliphatic rings. The van der Waals surface area contributed by atoms with Gasteiger partial charge >= 0.3 is 5.97 Å². The number of hydrogen-bond acceptors (Lipinski definition) is 5. The maximum Gasteiger partial charge on any atom is 0.326 e. The number of carbonyl (C=O) groups is 2. The minimum Gasteiger partial charge on any atom is -0.480 e. The van der Waals surface area contributed by atoms with Gasteiger partial charge in [0, 0.05) is 19.4 Å². The number of pyridine rings is 1. The molecule has 1 rings (SSSR count).